The van der Waals surface area contributed by atoms with Crippen molar-refractivity contribution >= 4 is 24.0 Å². The maximum atomic E-state index is 2.56. The summed E-state index contributed by atoms with van der Waals surface area (Å²) in [4.78, 5) is 0. The van der Waals surface area contributed by atoms with Gasteiger partial charge in [-0.15, -0.1) is 0 Å². The second kappa shape index (κ2) is 7.30. The predicted octanol–water partition coefficient (Wildman–Crippen LogP) is 6.92. The van der Waals surface area contributed by atoms with Gasteiger partial charge < -0.3 is 0 Å². The average molecular weight is 431 g/mol. The number of benzene rings is 2. The first kappa shape index (κ1) is 22.3. The van der Waals surface area contributed by atoms with E-state index in [1.165, 1.54) is 57.2 Å². The van der Waals surface area contributed by atoms with Crippen LogP contribution in [0.5, 0.6) is 0 Å². The quantitative estimate of drug-likeness (QED) is 0.307. The van der Waals surface area contributed by atoms with Gasteiger partial charge >= 0.3 is 0 Å². The normalized spacial score (nSPS) is 16.4. The van der Waals surface area contributed by atoms with Crippen LogP contribution in [0.15, 0.2) is 42.6 Å². The Bertz CT molecular complexity index is 1150. The molecule has 0 bridgehead atoms. The van der Waals surface area contributed by atoms with E-state index >= 15 is 0 Å². The first-order valence-corrected chi connectivity index (χ1v) is 14.8. The molecule has 164 valence electrons. The zero-order valence-electron chi connectivity index (χ0n) is 21.1. The minimum atomic E-state index is -1.19. The van der Waals surface area contributed by atoms with Crippen molar-refractivity contribution in [1.29, 1.82) is 0 Å². The summed E-state index contributed by atoms with van der Waals surface area (Å²) in [5.74, 6) is 0. The molecule has 2 aromatic carbocycles. The highest BCUT2D eigenvalue weighted by Gasteiger charge is 2.36. The average Bonchev–Trinajstić information content (AvgIpc) is 2.64. The summed E-state index contributed by atoms with van der Waals surface area (Å²) >= 11 is 0. The molecule has 3 aromatic rings. The van der Waals surface area contributed by atoms with Gasteiger partial charge in [-0.3, -0.25) is 0 Å². The van der Waals surface area contributed by atoms with Crippen molar-refractivity contribution in [3.63, 3.8) is 0 Å². The number of nitrogens with zero attached hydrogens (tertiary/aromatic N) is 1. The summed E-state index contributed by atoms with van der Waals surface area (Å²) in [6.45, 7) is 18.9. The molecular weight excluding hydrogens is 390 g/mol. The fraction of sp³-hybridized carbons (Fsp3) is 0.483. The molecule has 1 aliphatic heterocycles. The smallest absolute Gasteiger partial charge is 0.200 e. The third-order valence-electron chi connectivity index (χ3n) is 7.63. The number of aryl methyl sites for hydroxylation is 1. The Balaban J connectivity index is 2.01. The SMILES string of the molecule is Cc1c(-c2c3ccc([Si]4(C)CCC4)cc3cc[n+]2C)cc(C(C)(C)C)cc1C(C)(C)C. The molecule has 0 aliphatic carbocycles. The van der Waals surface area contributed by atoms with E-state index in [2.05, 4.69) is 109 Å². The van der Waals surface area contributed by atoms with Gasteiger partial charge in [-0.25, -0.2) is 4.57 Å². The van der Waals surface area contributed by atoms with Crippen LogP contribution < -0.4 is 9.75 Å². The Morgan fingerprint density at radius 3 is 2.10 bits per heavy atom. The second-order valence-electron chi connectivity index (χ2n) is 12.2. The van der Waals surface area contributed by atoms with Gasteiger partial charge in [0.2, 0.25) is 5.69 Å². The molecule has 1 nitrogen and oxygen atoms in total. The van der Waals surface area contributed by atoms with Crippen LogP contribution >= 0.6 is 0 Å². The highest BCUT2D eigenvalue weighted by Crippen LogP contribution is 2.39. The van der Waals surface area contributed by atoms with Crippen molar-refractivity contribution in [3.05, 3.63) is 59.3 Å². The van der Waals surface area contributed by atoms with Crippen molar-refractivity contribution in [2.45, 2.75) is 84.4 Å². The van der Waals surface area contributed by atoms with E-state index in [0.717, 1.165) is 0 Å². The molecule has 0 spiro atoms. The minimum Gasteiger partial charge on any atom is -0.200 e. The zero-order chi connectivity index (χ0) is 22.8. The summed E-state index contributed by atoms with van der Waals surface area (Å²) in [7, 11) is 1.01. The minimum absolute atomic E-state index is 0.112. The standard InChI is InChI=1S/C29H40NSi/c1-20-25(18-22(28(2,3)4)19-26(20)29(5,6)7)27-24-12-11-23(31(9)15-10-16-31)17-21(24)13-14-30(27)8/h11-14,17-19H,10,15-16H2,1-9H3/q+1. The number of hydrogen-bond acceptors (Lipinski definition) is 0. The molecule has 31 heavy (non-hydrogen) atoms. The Kier molecular flexibility index (Phi) is 5.24. The molecule has 2 heterocycles. The van der Waals surface area contributed by atoms with Crippen molar-refractivity contribution in [1.82, 2.24) is 0 Å². The summed E-state index contributed by atoms with van der Waals surface area (Å²) in [5, 5.41) is 4.41. The fourth-order valence-corrected chi connectivity index (χ4v) is 8.23. The topological polar surface area (TPSA) is 3.88 Å². The van der Waals surface area contributed by atoms with E-state index < -0.39 is 8.07 Å². The molecule has 0 amide bonds. The lowest BCUT2D eigenvalue weighted by Gasteiger charge is -2.36. The van der Waals surface area contributed by atoms with E-state index in [1.807, 2.05) is 0 Å². The number of aromatic nitrogens is 1. The van der Waals surface area contributed by atoms with E-state index in [0.29, 0.717) is 0 Å². The predicted molar refractivity (Wildman–Crippen MR) is 138 cm³/mol. The molecule has 0 atom stereocenters. The highest BCUT2D eigenvalue weighted by molar-refractivity contribution is 6.93. The molecule has 0 N–H and O–H groups in total. The molecule has 0 unspecified atom stereocenters. The lowest BCUT2D eigenvalue weighted by molar-refractivity contribution is -0.659. The van der Waals surface area contributed by atoms with Gasteiger partial charge in [0.15, 0.2) is 6.20 Å². The van der Waals surface area contributed by atoms with Gasteiger partial charge in [0.1, 0.15) is 7.05 Å². The summed E-state index contributed by atoms with van der Waals surface area (Å²) in [5.41, 5.74) is 7.24. The maximum Gasteiger partial charge on any atom is 0.220 e. The van der Waals surface area contributed by atoms with Gasteiger partial charge in [-0.05, 0) is 52.0 Å². The Hall–Kier alpha value is -1.93. The van der Waals surface area contributed by atoms with Crippen LogP contribution in [0.4, 0.5) is 0 Å². The fourth-order valence-electron chi connectivity index (χ4n) is 5.25. The van der Waals surface area contributed by atoms with Crippen LogP contribution in [0.1, 0.15) is 64.7 Å². The molecule has 2 heteroatoms. The lowest BCUT2D eigenvalue weighted by atomic mass is 9.76. The van der Waals surface area contributed by atoms with Gasteiger partial charge in [-0.1, -0.05) is 90.0 Å². The van der Waals surface area contributed by atoms with Crippen molar-refractivity contribution in [2.75, 3.05) is 0 Å². The molecular formula is C29H40NSi+. The number of rotatable bonds is 2. The van der Waals surface area contributed by atoms with Gasteiger partial charge in [0.25, 0.3) is 0 Å². The van der Waals surface area contributed by atoms with E-state index in [1.54, 1.807) is 5.19 Å². The zero-order valence-corrected chi connectivity index (χ0v) is 22.1. The lowest BCUT2D eigenvalue weighted by Crippen LogP contribution is -2.50. The number of hydrogen-bond donors (Lipinski definition) is 0. The summed E-state index contributed by atoms with van der Waals surface area (Å²) in [6.07, 6.45) is 3.68. The Morgan fingerprint density at radius 1 is 0.871 bits per heavy atom. The van der Waals surface area contributed by atoms with Crippen LogP contribution in [-0.4, -0.2) is 8.07 Å². The molecule has 1 saturated heterocycles. The third-order valence-corrected chi connectivity index (χ3v) is 12.2. The maximum absolute atomic E-state index is 2.56. The first-order valence-electron chi connectivity index (χ1n) is 11.9. The molecule has 1 aromatic heterocycles. The molecule has 0 radical (unpaired) electrons. The third kappa shape index (κ3) is 3.88. The van der Waals surface area contributed by atoms with Crippen LogP contribution in [0.3, 0.4) is 0 Å². The van der Waals surface area contributed by atoms with Crippen LogP contribution in [0.2, 0.25) is 18.6 Å². The number of pyridine rings is 1. The van der Waals surface area contributed by atoms with Crippen molar-refractivity contribution in [3.8, 4) is 11.3 Å². The van der Waals surface area contributed by atoms with Crippen molar-refractivity contribution < 1.29 is 4.57 Å². The second-order valence-corrected chi connectivity index (χ2v) is 16.9. The Labute approximate surface area is 190 Å². The van der Waals surface area contributed by atoms with E-state index in [-0.39, 0.29) is 10.8 Å². The number of fused-ring (bicyclic) bond motifs is 1. The van der Waals surface area contributed by atoms with Gasteiger partial charge in [-0.2, -0.15) is 0 Å². The monoisotopic (exact) mass is 430 g/mol. The Morgan fingerprint density at radius 2 is 1.55 bits per heavy atom. The van der Waals surface area contributed by atoms with Crippen LogP contribution in [-0.2, 0) is 17.9 Å². The summed E-state index contributed by atoms with van der Waals surface area (Å²) in [6, 6.07) is 17.5. The molecule has 1 fully saturated rings. The van der Waals surface area contributed by atoms with E-state index in [4.69, 9.17) is 0 Å². The largest absolute Gasteiger partial charge is 0.220 e. The van der Waals surface area contributed by atoms with Gasteiger partial charge in [0.05, 0.1) is 19.0 Å². The van der Waals surface area contributed by atoms with Crippen molar-refractivity contribution in [2.24, 2.45) is 7.05 Å². The first-order chi connectivity index (χ1) is 14.3. The van der Waals surface area contributed by atoms with Gasteiger partial charge in [0, 0.05) is 6.07 Å². The summed E-state index contributed by atoms with van der Waals surface area (Å²) < 4.78 is 2.33. The van der Waals surface area contributed by atoms with Crippen LogP contribution in [0.25, 0.3) is 22.0 Å². The molecule has 4 rings (SSSR count). The molecule has 0 saturated carbocycles. The van der Waals surface area contributed by atoms with Crippen LogP contribution in [0, 0.1) is 6.92 Å². The molecule has 1 aliphatic rings. The van der Waals surface area contributed by atoms with E-state index in [9.17, 15) is 0 Å². The highest BCUT2D eigenvalue weighted by atomic mass is 28.3.